The molecular formula is C12H10BrClFN3O2S. The van der Waals surface area contributed by atoms with Crippen LogP contribution < -0.4 is 10.0 Å². The largest absolute Gasteiger partial charge is 0.372 e. The highest BCUT2D eigenvalue weighted by molar-refractivity contribution is 9.10. The van der Waals surface area contributed by atoms with Gasteiger partial charge in [-0.1, -0.05) is 11.6 Å². The SMILES string of the molecule is CNc1ncc(Br)cc1S(=O)(=O)Nc1ccc(Cl)cc1F. The molecular weight excluding hydrogens is 385 g/mol. The molecule has 0 atom stereocenters. The van der Waals surface area contributed by atoms with Gasteiger partial charge in [0.1, 0.15) is 16.5 Å². The van der Waals surface area contributed by atoms with Gasteiger partial charge >= 0.3 is 0 Å². The fourth-order valence-electron chi connectivity index (χ4n) is 1.59. The number of anilines is 2. The zero-order valence-electron chi connectivity index (χ0n) is 10.7. The number of nitrogens with one attached hydrogen (secondary N) is 2. The van der Waals surface area contributed by atoms with Gasteiger partial charge in [-0.3, -0.25) is 4.72 Å². The van der Waals surface area contributed by atoms with Gasteiger partial charge in [0.25, 0.3) is 10.0 Å². The van der Waals surface area contributed by atoms with E-state index in [4.69, 9.17) is 11.6 Å². The summed E-state index contributed by atoms with van der Waals surface area (Å²) in [7, 11) is -2.46. The van der Waals surface area contributed by atoms with Crippen molar-refractivity contribution in [1.82, 2.24) is 4.98 Å². The molecule has 5 nitrogen and oxygen atoms in total. The zero-order chi connectivity index (χ0) is 15.6. The predicted octanol–water partition coefficient (Wildman–Crippen LogP) is 3.48. The van der Waals surface area contributed by atoms with Gasteiger partial charge in [0.2, 0.25) is 0 Å². The number of halogens is 3. The van der Waals surface area contributed by atoms with Crippen molar-refractivity contribution in [2.24, 2.45) is 0 Å². The second-order valence-electron chi connectivity index (χ2n) is 3.98. The van der Waals surface area contributed by atoms with Crippen molar-refractivity contribution in [3.05, 3.63) is 45.8 Å². The van der Waals surface area contributed by atoms with E-state index in [1.54, 1.807) is 0 Å². The highest BCUT2D eigenvalue weighted by Crippen LogP contribution is 2.26. The lowest BCUT2D eigenvalue weighted by molar-refractivity contribution is 0.598. The molecule has 1 aromatic heterocycles. The average molecular weight is 395 g/mol. The second-order valence-corrected chi connectivity index (χ2v) is 6.98. The van der Waals surface area contributed by atoms with Gasteiger partial charge in [-0.15, -0.1) is 0 Å². The summed E-state index contributed by atoms with van der Waals surface area (Å²) in [6.45, 7) is 0. The molecule has 1 heterocycles. The van der Waals surface area contributed by atoms with E-state index < -0.39 is 15.8 Å². The molecule has 9 heteroatoms. The topological polar surface area (TPSA) is 71.1 Å². The predicted molar refractivity (Wildman–Crippen MR) is 83.7 cm³/mol. The average Bonchev–Trinajstić information content (AvgIpc) is 2.42. The zero-order valence-corrected chi connectivity index (χ0v) is 13.9. The van der Waals surface area contributed by atoms with Gasteiger partial charge < -0.3 is 5.32 Å². The molecule has 0 unspecified atom stereocenters. The van der Waals surface area contributed by atoms with E-state index in [2.05, 4.69) is 31.0 Å². The fraction of sp³-hybridized carbons (Fsp3) is 0.0833. The summed E-state index contributed by atoms with van der Waals surface area (Å²) >= 11 is 8.78. The number of benzene rings is 1. The van der Waals surface area contributed by atoms with E-state index in [-0.39, 0.29) is 21.4 Å². The van der Waals surface area contributed by atoms with Gasteiger partial charge in [-0.25, -0.2) is 17.8 Å². The summed E-state index contributed by atoms with van der Waals surface area (Å²) in [6, 6.07) is 5.03. The number of hydrogen-bond donors (Lipinski definition) is 2. The number of sulfonamides is 1. The van der Waals surface area contributed by atoms with Crippen molar-refractivity contribution >= 4 is 49.1 Å². The van der Waals surface area contributed by atoms with Gasteiger partial charge in [0.05, 0.1) is 5.69 Å². The third-order valence-electron chi connectivity index (χ3n) is 2.52. The molecule has 21 heavy (non-hydrogen) atoms. The molecule has 0 spiro atoms. The van der Waals surface area contributed by atoms with Crippen LogP contribution in [0, 0.1) is 5.82 Å². The Morgan fingerprint density at radius 2 is 2.05 bits per heavy atom. The van der Waals surface area contributed by atoms with E-state index in [0.717, 1.165) is 6.07 Å². The van der Waals surface area contributed by atoms with Crippen LogP contribution in [0.3, 0.4) is 0 Å². The van der Waals surface area contributed by atoms with E-state index >= 15 is 0 Å². The van der Waals surface area contributed by atoms with Gasteiger partial charge in [0.15, 0.2) is 0 Å². The van der Waals surface area contributed by atoms with Crippen LogP contribution in [-0.4, -0.2) is 20.4 Å². The lowest BCUT2D eigenvalue weighted by Gasteiger charge is -2.12. The Morgan fingerprint density at radius 1 is 1.33 bits per heavy atom. The van der Waals surface area contributed by atoms with Crippen LogP contribution in [0.5, 0.6) is 0 Å². The molecule has 0 saturated heterocycles. The minimum Gasteiger partial charge on any atom is -0.372 e. The molecule has 0 fully saturated rings. The molecule has 112 valence electrons. The highest BCUT2D eigenvalue weighted by Gasteiger charge is 2.21. The van der Waals surface area contributed by atoms with Crippen molar-refractivity contribution in [3.8, 4) is 0 Å². The summed E-state index contributed by atoms with van der Waals surface area (Å²) in [5, 5.41) is 2.85. The van der Waals surface area contributed by atoms with Crippen molar-refractivity contribution in [3.63, 3.8) is 0 Å². The summed E-state index contributed by atoms with van der Waals surface area (Å²) in [6.07, 6.45) is 1.45. The molecule has 0 aliphatic carbocycles. The Balaban J connectivity index is 2.45. The quantitative estimate of drug-likeness (QED) is 0.833. The van der Waals surface area contributed by atoms with Crippen molar-refractivity contribution in [2.75, 3.05) is 17.1 Å². The summed E-state index contributed by atoms with van der Waals surface area (Å²) in [4.78, 5) is 3.85. The van der Waals surface area contributed by atoms with E-state index in [1.807, 2.05) is 0 Å². The maximum atomic E-state index is 13.7. The standard InChI is InChI=1S/C12H10BrClFN3O2S/c1-16-12-11(4-7(13)6-17-12)21(19,20)18-10-3-2-8(14)5-9(10)15/h2-6,18H,1H3,(H,16,17). The maximum Gasteiger partial charge on any atom is 0.265 e. The van der Waals surface area contributed by atoms with Gasteiger partial charge in [-0.05, 0) is 40.2 Å². The van der Waals surface area contributed by atoms with Crippen LogP contribution in [0.2, 0.25) is 5.02 Å². The Kier molecular flexibility index (Phi) is 4.70. The lowest BCUT2D eigenvalue weighted by Crippen LogP contribution is -2.16. The molecule has 2 N–H and O–H groups in total. The van der Waals surface area contributed by atoms with Crippen molar-refractivity contribution in [2.45, 2.75) is 4.90 Å². The van der Waals surface area contributed by atoms with Crippen LogP contribution in [0.1, 0.15) is 0 Å². The number of pyridine rings is 1. The van der Waals surface area contributed by atoms with Crippen molar-refractivity contribution in [1.29, 1.82) is 0 Å². The Morgan fingerprint density at radius 3 is 2.67 bits per heavy atom. The van der Waals surface area contributed by atoms with E-state index in [1.165, 1.54) is 31.4 Å². The summed E-state index contributed by atoms with van der Waals surface area (Å²) < 4.78 is 41.1. The maximum absolute atomic E-state index is 13.7. The van der Waals surface area contributed by atoms with Crippen LogP contribution in [0.4, 0.5) is 15.9 Å². The molecule has 0 aliphatic heterocycles. The highest BCUT2D eigenvalue weighted by atomic mass is 79.9. The van der Waals surface area contributed by atoms with Crippen LogP contribution in [-0.2, 0) is 10.0 Å². The molecule has 0 amide bonds. The smallest absolute Gasteiger partial charge is 0.265 e. The number of aromatic nitrogens is 1. The summed E-state index contributed by atoms with van der Waals surface area (Å²) in [5.74, 6) is -0.611. The van der Waals surface area contributed by atoms with Crippen LogP contribution >= 0.6 is 27.5 Å². The van der Waals surface area contributed by atoms with E-state index in [0.29, 0.717) is 4.47 Å². The Bertz CT molecular complexity index is 786. The van der Waals surface area contributed by atoms with Gasteiger partial charge in [-0.2, -0.15) is 0 Å². The van der Waals surface area contributed by atoms with Crippen molar-refractivity contribution < 1.29 is 12.8 Å². The minimum absolute atomic E-state index is 0.103. The second kappa shape index (κ2) is 6.17. The molecule has 2 rings (SSSR count). The monoisotopic (exact) mass is 393 g/mol. The third kappa shape index (κ3) is 3.63. The first kappa shape index (κ1) is 16.0. The van der Waals surface area contributed by atoms with E-state index in [9.17, 15) is 12.8 Å². The van der Waals surface area contributed by atoms with Crippen LogP contribution in [0.25, 0.3) is 0 Å². The Labute approximate surface area is 134 Å². The molecule has 0 aliphatic rings. The fourth-order valence-corrected chi connectivity index (χ4v) is 3.48. The number of nitrogens with zero attached hydrogens (tertiary/aromatic N) is 1. The van der Waals surface area contributed by atoms with Crippen LogP contribution in [0.15, 0.2) is 39.8 Å². The first-order chi connectivity index (χ1) is 9.83. The molecule has 0 radical (unpaired) electrons. The number of rotatable bonds is 4. The minimum atomic E-state index is -4.00. The first-order valence-electron chi connectivity index (χ1n) is 5.64. The Hall–Kier alpha value is -1.38. The molecule has 0 bridgehead atoms. The third-order valence-corrected chi connectivity index (χ3v) is 4.57. The first-order valence-corrected chi connectivity index (χ1v) is 8.30. The molecule has 0 saturated carbocycles. The molecule has 1 aromatic carbocycles. The normalized spacial score (nSPS) is 11.2. The lowest BCUT2D eigenvalue weighted by atomic mass is 10.3. The molecule has 2 aromatic rings. The number of hydrogen-bond acceptors (Lipinski definition) is 4. The van der Waals surface area contributed by atoms with Gasteiger partial charge in [0, 0.05) is 22.7 Å². The summed E-state index contributed by atoms with van der Waals surface area (Å²) in [5.41, 5.74) is -0.193.